The maximum absolute atomic E-state index is 12.4. The van der Waals surface area contributed by atoms with Crippen LogP contribution in [0.5, 0.6) is 0 Å². The Balaban J connectivity index is 2.13. The Morgan fingerprint density at radius 3 is 2.50 bits per heavy atom. The minimum absolute atomic E-state index is 0.0246. The highest BCUT2D eigenvalue weighted by Gasteiger charge is 2.59. The van der Waals surface area contributed by atoms with E-state index in [4.69, 9.17) is 4.98 Å². The van der Waals surface area contributed by atoms with E-state index >= 15 is 0 Å². The van der Waals surface area contributed by atoms with Crippen LogP contribution in [-0.4, -0.2) is 22.9 Å². The van der Waals surface area contributed by atoms with Gasteiger partial charge in [-0.3, -0.25) is 4.79 Å². The Morgan fingerprint density at radius 2 is 2.00 bits per heavy atom. The van der Waals surface area contributed by atoms with Crippen molar-refractivity contribution in [2.75, 3.05) is 11.4 Å². The third-order valence-corrected chi connectivity index (χ3v) is 4.12. The lowest BCUT2D eigenvalue weighted by atomic mass is 9.91. The molecule has 1 spiro atoms. The van der Waals surface area contributed by atoms with Crippen molar-refractivity contribution in [3.63, 3.8) is 0 Å². The quantitative estimate of drug-likeness (QED) is 0.761. The van der Waals surface area contributed by atoms with Gasteiger partial charge in [0.1, 0.15) is 11.4 Å². The van der Waals surface area contributed by atoms with Crippen LogP contribution >= 0.6 is 0 Å². The molecule has 3 rings (SSSR count). The average Bonchev–Trinajstić information content (AvgIpc) is 3.05. The van der Waals surface area contributed by atoms with Crippen molar-refractivity contribution in [2.24, 2.45) is 0 Å². The number of fused-ring (bicyclic) bond motifs is 1. The number of rotatable bonds is 1. The summed E-state index contributed by atoms with van der Waals surface area (Å²) in [5.41, 5.74) is 1.68. The fourth-order valence-electron chi connectivity index (χ4n) is 2.89. The number of likely N-dealkylation sites (N-methyl/N-ethyl adjacent to an activating group) is 1. The Bertz CT molecular complexity index is 524. The fraction of sp³-hybridized carbons (Fsp3) is 0.600. The lowest BCUT2D eigenvalue weighted by Gasteiger charge is -2.25. The third-order valence-electron chi connectivity index (χ3n) is 4.12. The molecule has 1 aliphatic carbocycles. The number of aromatic nitrogens is 1. The Labute approximate surface area is 108 Å². The lowest BCUT2D eigenvalue weighted by molar-refractivity contribution is 0.0959. The van der Waals surface area contributed by atoms with E-state index in [2.05, 4.69) is 32.6 Å². The summed E-state index contributed by atoms with van der Waals surface area (Å²) in [7, 11) is 0. The molecule has 1 fully saturated rings. The SMILES string of the molecule is CCN1c2nc(C(C)(C)C)ccc2C(=O)C12CC2. The molecule has 0 N–H and O–H groups in total. The second kappa shape index (κ2) is 3.34. The van der Waals surface area contributed by atoms with E-state index in [9.17, 15) is 4.79 Å². The first kappa shape index (κ1) is 11.7. The molecule has 96 valence electrons. The monoisotopic (exact) mass is 244 g/mol. The van der Waals surface area contributed by atoms with E-state index < -0.39 is 0 Å². The molecule has 3 nitrogen and oxygen atoms in total. The maximum atomic E-state index is 12.4. The maximum Gasteiger partial charge on any atom is 0.192 e. The lowest BCUT2D eigenvalue weighted by Crippen LogP contribution is -2.37. The highest BCUT2D eigenvalue weighted by molar-refractivity contribution is 6.15. The summed E-state index contributed by atoms with van der Waals surface area (Å²) in [4.78, 5) is 19.4. The predicted octanol–water partition coefficient (Wildman–Crippen LogP) is 2.93. The molecule has 3 heteroatoms. The van der Waals surface area contributed by atoms with Gasteiger partial charge >= 0.3 is 0 Å². The van der Waals surface area contributed by atoms with Crippen LogP contribution in [0, 0.1) is 0 Å². The molecule has 0 bridgehead atoms. The van der Waals surface area contributed by atoms with E-state index in [0.29, 0.717) is 0 Å². The molecule has 1 aliphatic heterocycles. The minimum Gasteiger partial charge on any atom is -0.343 e. The molecular weight excluding hydrogens is 224 g/mol. The Morgan fingerprint density at radius 1 is 1.33 bits per heavy atom. The van der Waals surface area contributed by atoms with Crippen molar-refractivity contribution in [3.05, 3.63) is 23.4 Å². The van der Waals surface area contributed by atoms with Crippen LogP contribution in [0.4, 0.5) is 5.82 Å². The topological polar surface area (TPSA) is 33.2 Å². The standard InChI is InChI=1S/C15H20N2O/c1-5-17-13-10(12(18)15(17)8-9-15)6-7-11(16-13)14(2,3)4/h6-7H,5,8-9H2,1-4H3. The number of ketones is 1. The number of nitrogens with zero attached hydrogens (tertiary/aromatic N) is 2. The van der Waals surface area contributed by atoms with E-state index in [1.807, 2.05) is 12.1 Å². The number of carbonyl (C=O) groups is 1. The van der Waals surface area contributed by atoms with Crippen molar-refractivity contribution in [2.45, 2.75) is 51.5 Å². The van der Waals surface area contributed by atoms with Gasteiger partial charge in [0.15, 0.2) is 5.78 Å². The smallest absolute Gasteiger partial charge is 0.192 e. The molecular formula is C15H20N2O. The number of hydrogen-bond acceptors (Lipinski definition) is 3. The van der Waals surface area contributed by atoms with Crippen LogP contribution in [0.1, 0.15) is 56.6 Å². The molecule has 1 aromatic heterocycles. The van der Waals surface area contributed by atoms with E-state index in [1.165, 1.54) is 0 Å². The van der Waals surface area contributed by atoms with Gasteiger partial charge in [0.05, 0.1) is 5.56 Å². The van der Waals surface area contributed by atoms with Crippen LogP contribution in [0.3, 0.4) is 0 Å². The van der Waals surface area contributed by atoms with Gasteiger partial charge in [-0.15, -0.1) is 0 Å². The van der Waals surface area contributed by atoms with Crippen molar-refractivity contribution >= 4 is 11.6 Å². The van der Waals surface area contributed by atoms with Crippen molar-refractivity contribution in [1.82, 2.24) is 4.98 Å². The molecule has 1 saturated carbocycles. The molecule has 0 aromatic carbocycles. The largest absolute Gasteiger partial charge is 0.343 e. The highest BCUT2D eigenvalue weighted by atomic mass is 16.1. The summed E-state index contributed by atoms with van der Waals surface area (Å²) in [6.45, 7) is 9.43. The second-order valence-corrected chi connectivity index (χ2v) is 6.42. The first-order valence-corrected chi connectivity index (χ1v) is 6.74. The zero-order chi connectivity index (χ0) is 13.1. The minimum atomic E-state index is -0.222. The molecule has 2 aliphatic rings. The van der Waals surface area contributed by atoms with Gasteiger partial charge in [0, 0.05) is 17.7 Å². The number of carbonyl (C=O) groups excluding carboxylic acids is 1. The normalized spacial score (nSPS) is 20.4. The molecule has 0 saturated heterocycles. The van der Waals surface area contributed by atoms with E-state index in [0.717, 1.165) is 36.5 Å². The summed E-state index contributed by atoms with van der Waals surface area (Å²) in [5.74, 6) is 1.19. The first-order valence-electron chi connectivity index (χ1n) is 6.74. The highest BCUT2D eigenvalue weighted by Crippen LogP contribution is 2.52. The van der Waals surface area contributed by atoms with Crippen LogP contribution in [0.15, 0.2) is 12.1 Å². The zero-order valence-electron chi connectivity index (χ0n) is 11.6. The fourth-order valence-corrected chi connectivity index (χ4v) is 2.89. The van der Waals surface area contributed by atoms with Gasteiger partial charge in [-0.1, -0.05) is 20.8 Å². The van der Waals surface area contributed by atoms with Crippen LogP contribution in [0.25, 0.3) is 0 Å². The summed E-state index contributed by atoms with van der Waals surface area (Å²) >= 11 is 0. The summed E-state index contributed by atoms with van der Waals surface area (Å²) in [6, 6.07) is 3.98. The van der Waals surface area contributed by atoms with Crippen molar-refractivity contribution < 1.29 is 4.79 Å². The molecule has 0 radical (unpaired) electrons. The van der Waals surface area contributed by atoms with Crippen molar-refractivity contribution in [3.8, 4) is 0 Å². The molecule has 18 heavy (non-hydrogen) atoms. The summed E-state index contributed by atoms with van der Waals surface area (Å²) in [5, 5.41) is 0. The van der Waals surface area contributed by atoms with Crippen LogP contribution in [-0.2, 0) is 5.41 Å². The Kier molecular flexibility index (Phi) is 2.17. The van der Waals surface area contributed by atoms with Crippen LogP contribution in [0.2, 0.25) is 0 Å². The molecule has 0 atom stereocenters. The molecule has 0 unspecified atom stereocenters. The van der Waals surface area contributed by atoms with Gasteiger partial charge in [-0.2, -0.15) is 0 Å². The van der Waals surface area contributed by atoms with Crippen molar-refractivity contribution in [1.29, 1.82) is 0 Å². The summed E-state index contributed by atoms with van der Waals surface area (Å²) < 4.78 is 0. The molecule has 2 heterocycles. The number of hydrogen-bond donors (Lipinski definition) is 0. The van der Waals surface area contributed by atoms with E-state index in [1.54, 1.807) is 0 Å². The second-order valence-electron chi connectivity index (χ2n) is 6.42. The van der Waals surface area contributed by atoms with Gasteiger partial charge in [-0.25, -0.2) is 4.98 Å². The van der Waals surface area contributed by atoms with Crippen LogP contribution < -0.4 is 4.90 Å². The molecule has 0 amide bonds. The number of Topliss-reactive ketones (excluding diaryl/α,β-unsaturated/α-hetero) is 1. The molecule has 1 aromatic rings. The predicted molar refractivity (Wildman–Crippen MR) is 72.3 cm³/mol. The van der Waals surface area contributed by atoms with Gasteiger partial charge in [0.2, 0.25) is 0 Å². The van der Waals surface area contributed by atoms with Gasteiger partial charge in [-0.05, 0) is 31.9 Å². The van der Waals surface area contributed by atoms with E-state index in [-0.39, 0.29) is 16.7 Å². The number of pyridine rings is 1. The first-order chi connectivity index (χ1) is 8.40. The number of anilines is 1. The summed E-state index contributed by atoms with van der Waals surface area (Å²) in [6.07, 6.45) is 1.97. The zero-order valence-corrected chi connectivity index (χ0v) is 11.6. The average molecular weight is 244 g/mol. The Hall–Kier alpha value is -1.38. The van der Waals surface area contributed by atoms with Gasteiger partial charge < -0.3 is 4.90 Å². The van der Waals surface area contributed by atoms with Gasteiger partial charge in [0.25, 0.3) is 0 Å². The third kappa shape index (κ3) is 1.36.